The van der Waals surface area contributed by atoms with Crippen LogP contribution in [0.15, 0.2) is 18.2 Å². The average molecular weight is 288 g/mol. The third-order valence-corrected chi connectivity index (χ3v) is 3.83. The zero-order valence-corrected chi connectivity index (χ0v) is 12.6. The smallest absolute Gasteiger partial charge is 0.176 e. The Balaban J connectivity index is 2.67. The van der Waals surface area contributed by atoms with Crippen molar-refractivity contribution in [2.24, 2.45) is 0 Å². The number of carbonyl (C=O) groups is 1. The third kappa shape index (κ3) is 4.27. The molecule has 1 aromatic carbocycles. The van der Waals surface area contributed by atoms with Crippen LogP contribution in [0.4, 0.5) is 0 Å². The Morgan fingerprint density at radius 3 is 2.56 bits per heavy atom. The Morgan fingerprint density at radius 2 is 2.00 bits per heavy atom. The zero-order chi connectivity index (χ0) is 13.7. The Labute approximate surface area is 119 Å². The number of ketones is 1. The molecule has 0 aliphatic heterocycles. The van der Waals surface area contributed by atoms with Crippen LogP contribution in [0.25, 0.3) is 0 Å². The van der Waals surface area contributed by atoms with Crippen LogP contribution in [0.2, 0.25) is 10.0 Å². The lowest BCUT2D eigenvalue weighted by molar-refractivity contribution is 0.0921. The fraction of sp³-hybridized carbons (Fsp3) is 0.500. The second-order valence-electron chi connectivity index (χ2n) is 4.60. The molecular formula is C14H19Cl2NO. The maximum atomic E-state index is 12.1. The molecule has 0 fully saturated rings. The summed E-state index contributed by atoms with van der Waals surface area (Å²) in [5.74, 6) is 0.0685. The van der Waals surface area contributed by atoms with Gasteiger partial charge >= 0.3 is 0 Å². The van der Waals surface area contributed by atoms with Gasteiger partial charge in [-0.1, -0.05) is 36.5 Å². The van der Waals surface area contributed by atoms with Crippen molar-refractivity contribution in [1.29, 1.82) is 0 Å². The normalized spacial score (nSPS) is 12.8. The Kier molecular flexibility index (Phi) is 6.13. The SMILES string of the molecule is CCCC(C)N(C)CC(=O)c1ccc(Cl)c(Cl)c1. The van der Waals surface area contributed by atoms with E-state index in [4.69, 9.17) is 23.2 Å². The summed E-state index contributed by atoms with van der Waals surface area (Å²) in [5, 5.41) is 0.896. The molecule has 0 saturated carbocycles. The zero-order valence-electron chi connectivity index (χ0n) is 11.0. The number of Topliss-reactive ketones (excluding diaryl/α,β-unsaturated/α-hetero) is 1. The number of benzene rings is 1. The highest BCUT2D eigenvalue weighted by Crippen LogP contribution is 2.23. The highest BCUT2D eigenvalue weighted by Gasteiger charge is 2.14. The molecule has 1 aromatic rings. The third-order valence-electron chi connectivity index (χ3n) is 3.09. The van der Waals surface area contributed by atoms with Crippen molar-refractivity contribution in [3.63, 3.8) is 0 Å². The standard InChI is InChI=1S/C14H19Cl2NO/c1-4-5-10(2)17(3)9-14(18)11-6-7-12(15)13(16)8-11/h6-8,10H,4-5,9H2,1-3H3. The number of nitrogens with zero attached hydrogens (tertiary/aromatic N) is 1. The van der Waals surface area contributed by atoms with E-state index in [1.165, 1.54) is 0 Å². The lowest BCUT2D eigenvalue weighted by Crippen LogP contribution is -2.33. The Hall–Kier alpha value is -0.570. The van der Waals surface area contributed by atoms with Gasteiger partial charge in [-0.3, -0.25) is 9.69 Å². The van der Waals surface area contributed by atoms with Crippen LogP contribution in [0.3, 0.4) is 0 Å². The molecule has 0 N–H and O–H groups in total. The maximum absolute atomic E-state index is 12.1. The summed E-state index contributed by atoms with van der Waals surface area (Å²) in [6, 6.07) is 5.41. The molecule has 0 saturated heterocycles. The van der Waals surface area contributed by atoms with Gasteiger partial charge in [0, 0.05) is 11.6 Å². The summed E-state index contributed by atoms with van der Waals surface area (Å²) in [6.07, 6.45) is 2.21. The van der Waals surface area contributed by atoms with E-state index in [1.54, 1.807) is 18.2 Å². The topological polar surface area (TPSA) is 20.3 Å². The fourth-order valence-corrected chi connectivity index (χ4v) is 2.08. The van der Waals surface area contributed by atoms with Crippen molar-refractivity contribution in [3.8, 4) is 0 Å². The molecule has 0 spiro atoms. The lowest BCUT2D eigenvalue weighted by Gasteiger charge is -2.23. The monoisotopic (exact) mass is 287 g/mol. The van der Waals surface area contributed by atoms with Gasteiger partial charge in [0.05, 0.1) is 16.6 Å². The van der Waals surface area contributed by atoms with E-state index in [-0.39, 0.29) is 5.78 Å². The molecule has 0 aliphatic rings. The van der Waals surface area contributed by atoms with Crippen molar-refractivity contribution < 1.29 is 4.79 Å². The van der Waals surface area contributed by atoms with Gasteiger partial charge in [-0.05, 0) is 38.6 Å². The molecule has 0 aliphatic carbocycles. The molecule has 1 atom stereocenters. The van der Waals surface area contributed by atoms with Gasteiger partial charge in [-0.25, -0.2) is 0 Å². The first-order chi connectivity index (χ1) is 8.45. The van der Waals surface area contributed by atoms with Crippen LogP contribution in [0.1, 0.15) is 37.0 Å². The molecule has 0 aromatic heterocycles. The van der Waals surface area contributed by atoms with E-state index >= 15 is 0 Å². The molecule has 2 nitrogen and oxygen atoms in total. The van der Waals surface area contributed by atoms with Crippen LogP contribution in [0, 0.1) is 0 Å². The van der Waals surface area contributed by atoms with Crippen LogP contribution in [0.5, 0.6) is 0 Å². The summed E-state index contributed by atoms with van der Waals surface area (Å²) in [7, 11) is 1.97. The Morgan fingerprint density at radius 1 is 1.33 bits per heavy atom. The number of rotatable bonds is 6. The fourth-order valence-electron chi connectivity index (χ4n) is 1.78. The molecule has 0 amide bonds. The first-order valence-electron chi connectivity index (χ1n) is 6.14. The molecule has 0 heterocycles. The van der Waals surface area contributed by atoms with E-state index < -0.39 is 0 Å². The van der Waals surface area contributed by atoms with Crippen LogP contribution in [-0.2, 0) is 0 Å². The first-order valence-corrected chi connectivity index (χ1v) is 6.89. The van der Waals surface area contributed by atoms with Gasteiger partial charge < -0.3 is 0 Å². The van der Waals surface area contributed by atoms with E-state index in [9.17, 15) is 4.79 Å². The van der Waals surface area contributed by atoms with Crippen molar-refractivity contribution >= 4 is 29.0 Å². The minimum Gasteiger partial charge on any atom is -0.296 e. The lowest BCUT2D eigenvalue weighted by atomic mass is 10.1. The van der Waals surface area contributed by atoms with Crippen LogP contribution in [-0.4, -0.2) is 30.3 Å². The molecule has 18 heavy (non-hydrogen) atoms. The molecule has 0 bridgehead atoms. The van der Waals surface area contributed by atoms with Gasteiger partial charge in [-0.15, -0.1) is 0 Å². The van der Waals surface area contributed by atoms with Crippen LogP contribution >= 0.6 is 23.2 Å². The maximum Gasteiger partial charge on any atom is 0.176 e. The Bertz CT molecular complexity index is 420. The van der Waals surface area contributed by atoms with Gasteiger partial charge in [0.2, 0.25) is 0 Å². The minimum atomic E-state index is 0.0685. The highest BCUT2D eigenvalue weighted by molar-refractivity contribution is 6.42. The summed E-state index contributed by atoms with van der Waals surface area (Å²) in [5.41, 5.74) is 0.611. The molecule has 1 rings (SSSR count). The first kappa shape index (κ1) is 15.5. The predicted molar refractivity (Wildman–Crippen MR) is 77.8 cm³/mol. The number of carbonyl (C=O) groups excluding carboxylic acids is 1. The summed E-state index contributed by atoms with van der Waals surface area (Å²) < 4.78 is 0. The molecule has 4 heteroatoms. The second kappa shape index (κ2) is 7.13. The molecular weight excluding hydrogens is 269 g/mol. The number of hydrogen-bond donors (Lipinski definition) is 0. The molecule has 0 radical (unpaired) electrons. The quantitative estimate of drug-likeness (QED) is 0.727. The summed E-state index contributed by atoms with van der Waals surface area (Å²) in [6.45, 7) is 4.68. The predicted octanol–water partition coefficient (Wildman–Crippen LogP) is 4.30. The van der Waals surface area contributed by atoms with E-state index in [2.05, 4.69) is 18.7 Å². The van der Waals surface area contributed by atoms with Gasteiger partial charge in [0.1, 0.15) is 0 Å². The summed E-state index contributed by atoms with van der Waals surface area (Å²) >= 11 is 11.7. The number of likely N-dealkylation sites (N-methyl/N-ethyl adjacent to an activating group) is 1. The number of halogens is 2. The number of hydrogen-bond acceptors (Lipinski definition) is 2. The van der Waals surface area contributed by atoms with Crippen molar-refractivity contribution in [3.05, 3.63) is 33.8 Å². The van der Waals surface area contributed by atoms with Crippen molar-refractivity contribution in [2.45, 2.75) is 32.7 Å². The van der Waals surface area contributed by atoms with Gasteiger partial charge in [0.15, 0.2) is 5.78 Å². The van der Waals surface area contributed by atoms with Crippen molar-refractivity contribution in [2.75, 3.05) is 13.6 Å². The van der Waals surface area contributed by atoms with E-state index in [0.717, 1.165) is 12.8 Å². The van der Waals surface area contributed by atoms with Crippen molar-refractivity contribution in [1.82, 2.24) is 4.90 Å². The van der Waals surface area contributed by atoms with E-state index in [1.807, 2.05) is 7.05 Å². The average Bonchev–Trinajstić information content (AvgIpc) is 2.32. The second-order valence-corrected chi connectivity index (χ2v) is 5.42. The molecule has 100 valence electrons. The summed E-state index contributed by atoms with van der Waals surface area (Å²) in [4.78, 5) is 14.1. The largest absolute Gasteiger partial charge is 0.296 e. The van der Waals surface area contributed by atoms with Gasteiger partial charge in [0.25, 0.3) is 0 Å². The highest BCUT2D eigenvalue weighted by atomic mass is 35.5. The van der Waals surface area contributed by atoms with E-state index in [0.29, 0.717) is 28.2 Å². The molecule has 1 unspecified atom stereocenters. The van der Waals surface area contributed by atoms with Crippen LogP contribution < -0.4 is 0 Å². The van der Waals surface area contributed by atoms with Gasteiger partial charge in [-0.2, -0.15) is 0 Å². The minimum absolute atomic E-state index is 0.0685.